The van der Waals surface area contributed by atoms with Crippen LogP contribution in [0.15, 0.2) is 0 Å². The number of phosphoric ester groups is 1. The SMILES string of the molecule is CCCCCCCCCCCCCCCCCCCCOC[C@H](COP(=O)(O)OCCN)OC(=O)CCCCCCCCCCCCCCCCCCC. The minimum atomic E-state index is -4.27. The maximum atomic E-state index is 12.6. The molecular weight excluding hydrogens is 697 g/mol. The number of phosphoric acid groups is 1. The minimum Gasteiger partial charge on any atom is -0.457 e. The molecule has 0 aromatic heterocycles. The van der Waals surface area contributed by atoms with Gasteiger partial charge in [0.1, 0.15) is 6.10 Å². The van der Waals surface area contributed by atoms with Crippen LogP contribution in [-0.4, -0.2) is 49.9 Å². The largest absolute Gasteiger partial charge is 0.472 e. The lowest BCUT2D eigenvalue weighted by Crippen LogP contribution is -2.28. The van der Waals surface area contributed by atoms with Crippen molar-refractivity contribution < 1.29 is 32.8 Å². The molecule has 0 aromatic rings. The Labute approximate surface area is 335 Å². The Bertz CT molecular complexity index is 802. The fourth-order valence-electron chi connectivity index (χ4n) is 7.06. The average Bonchev–Trinajstić information content (AvgIpc) is 3.16. The summed E-state index contributed by atoms with van der Waals surface area (Å²) in [5.74, 6) is -0.322. The zero-order valence-electron chi connectivity index (χ0n) is 36.0. The predicted octanol–water partition coefficient (Wildman–Crippen LogP) is 14.1. The van der Waals surface area contributed by atoms with Gasteiger partial charge in [-0.3, -0.25) is 13.8 Å². The third-order valence-electron chi connectivity index (χ3n) is 10.5. The van der Waals surface area contributed by atoms with Crippen molar-refractivity contribution in [3.05, 3.63) is 0 Å². The Morgan fingerprint density at radius 3 is 1.17 bits per heavy atom. The van der Waals surface area contributed by atoms with E-state index in [0.29, 0.717) is 13.0 Å². The number of nitrogens with two attached hydrogens (primary N) is 1. The molecule has 2 atom stereocenters. The summed E-state index contributed by atoms with van der Waals surface area (Å²) in [6.45, 7) is 5.00. The van der Waals surface area contributed by atoms with Gasteiger partial charge in [-0.05, 0) is 12.8 Å². The van der Waals surface area contributed by atoms with Gasteiger partial charge < -0.3 is 20.1 Å². The first kappa shape index (κ1) is 53.5. The molecule has 0 aliphatic heterocycles. The van der Waals surface area contributed by atoms with E-state index < -0.39 is 13.9 Å². The highest BCUT2D eigenvalue weighted by Crippen LogP contribution is 2.43. The van der Waals surface area contributed by atoms with Crippen LogP contribution < -0.4 is 5.73 Å². The lowest BCUT2D eigenvalue weighted by molar-refractivity contribution is -0.154. The highest BCUT2D eigenvalue weighted by atomic mass is 31.2. The van der Waals surface area contributed by atoms with E-state index in [4.69, 9.17) is 24.3 Å². The predicted molar refractivity (Wildman–Crippen MR) is 229 cm³/mol. The van der Waals surface area contributed by atoms with Gasteiger partial charge in [-0.25, -0.2) is 4.57 Å². The monoisotopic (exact) mass is 790 g/mol. The molecule has 0 saturated carbocycles. The highest BCUT2D eigenvalue weighted by molar-refractivity contribution is 7.47. The molecule has 0 aromatic carbocycles. The van der Waals surface area contributed by atoms with Crippen LogP contribution in [0.25, 0.3) is 0 Å². The fraction of sp³-hybridized carbons (Fsp3) is 0.978. The molecule has 0 heterocycles. The summed E-state index contributed by atoms with van der Waals surface area (Å²) < 4.78 is 33.5. The molecule has 0 rings (SSSR count). The second-order valence-electron chi connectivity index (χ2n) is 16.0. The van der Waals surface area contributed by atoms with Crippen LogP contribution in [0.2, 0.25) is 0 Å². The maximum absolute atomic E-state index is 12.6. The van der Waals surface area contributed by atoms with Crippen molar-refractivity contribution in [2.24, 2.45) is 5.73 Å². The van der Waals surface area contributed by atoms with E-state index in [0.717, 1.165) is 32.1 Å². The summed E-state index contributed by atoms with van der Waals surface area (Å²) >= 11 is 0. The van der Waals surface area contributed by atoms with Crippen LogP contribution in [0.4, 0.5) is 0 Å². The third-order valence-corrected chi connectivity index (χ3v) is 11.5. The summed E-state index contributed by atoms with van der Waals surface area (Å²) in [7, 11) is -4.27. The second-order valence-corrected chi connectivity index (χ2v) is 17.4. The maximum Gasteiger partial charge on any atom is 0.472 e. The molecule has 0 aliphatic carbocycles. The number of hydrogen-bond donors (Lipinski definition) is 2. The van der Waals surface area contributed by atoms with Crippen LogP contribution in [-0.2, 0) is 27.9 Å². The van der Waals surface area contributed by atoms with E-state index in [2.05, 4.69) is 13.8 Å². The molecule has 0 spiro atoms. The van der Waals surface area contributed by atoms with E-state index in [9.17, 15) is 14.3 Å². The van der Waals surface area contributed by atoms with Gasteiger partial charge in [-0.1, -0.05) is 226 Å². The molecule has 8 nitrogen and oxygen atoms in total. The molecule has 3 N–H and O–H groups in total. The zero-order chi connectivity index (χ0) is 39.5. The van der Waals surface area contributed by atoms with E-state index in [-0.39, 0.29) is 32.3 Å². The Hall–Kier alpha value is -0.500. The molecule has 0 radical (unpaired) electrons. The van der Waals surface area contributed by atoms with Gasteiger partial charge in [0.15, 0.2) is 0 Å². The molecule has 324 valence electrons. The van der Waals surface area contributed by atoms with Gasteiger partial charge in [-0.2, -0.15) is 0 Å². The number of esters is 1. The van der Waals surface area contributed by atoms with E-state index in [1.165, 1.54) is 193 Å². The molecule has 0 amide bonds. The van der Waals surface area contributed by atoms with Crippen molar-refractivity contribution >= 4 is 13.8 Å². The van der Waals surface area contributed by atoms with Crippen LogP contribution in [0.5, 0.6) is 0 Å². The summed E-state index contributed by atoms with van der Waals surface area (Å²) in [5.41, 5.74) is 5.38. The Morgan fingerprint density at radius 1 is 0.481 bits per heavy atom. The Balaban J connectivity index is 3.93. The van der Waals surface area contributed by atoms with Crippen molar-refractivity contribution in [3.63, 3.8) is 0 Å². The van der Waals surface area contributed by atoms with Crippen molar-refractivity contribution in [2.45, 2.75) is 251 Å². The number of rotatable bonds is 46. The van der Waals surface area contributed by atoms with Crippen molar-refractivity contribution in [3.8, 4) is 0 Å². The summed E-state index contributed by atoms with van der Waals surface area (Å²) in [5, 5.41) is 0. The molecular formula is C45H92NO7P. The average molecular weight is 790 g/mol. The molecule has 0 bridgehead atoms. The normalized spacial score (nSPS) is 13.3. The quantitative estimate of drug-likeness (QED) is 0.0356. The van der Waals surface area contributed by atoms with Gasteiger partial charge in [0, 0.05) is 19.6 Å². The lowest BCUT2D eigenvalue weighted by Gasteiger charge is -2.20. The van der Waals surface area contributed by atoms with Crippen molar-refractivity contribution in [1.82, 2.24) is 0 Å². The third kappa shape index (κ3) is 42.6. The topological polar surface area (TPSA) is 117 Å². The highest BCUT2D eigenvalue weighted by Gasteiger charge is 2.25. The van der Waals surface area contributed by atoms with Gasteiger partial charge >= 0.3 is 13.8 Å². The molecule has 0 aliphatic rings. The van der Waals surface area contributed by atoms with Crippen LogP contribution >= 0.6 is 7.82 Å². The number of carbonyl (C=O) groups is 1. The Morgan fingerprint density at radius 2 is 0.815 bits per heavy atom. The van der Waals surface area contributed by atoms with Gasteiger partial charge in [-0.15, -0.1) is 0 Å². The zero-order valence-corrected chi connectivity index (χ0v) is 36.9. The number of hydrogen-bond acceptors (Lipinski definition) is 7. The molecule has 0 fully saturated rings. The Kier molecular flexibility index (Phi) is 43.2. The lowest BCUT2D eigenvalue weighted by atomic mass is 10.0. The van der Waals surface area contributed by atoms with E-state index in [1.807, 2.05) is 0 Å². The van der Waals surface area contributed by atoms with Gasteiger partial charge in [0.05, 0.1) is 19.8 Å². The first-order chi connectivity index (χ1) is 26.4. The second kappa shape index (κ2) is 43.6. The van der Waals surface area contributed by atoms with Gasteiger partial charge in [0.25, 0.3) is 0 Å². The van der Waals surface area contributed by atoms with Crippen LogP contribution in [0.3, 0.4) is 0 Å². The summed E-state index contributed by atoms with van der Waals surface area (Å²) in [6, 6.07) is 0. The van der Waals surface area contributed by atoms with Crippen LogP contribution in [0, 0.1) is 0 Å². The number of ether oxygens (including phenoxy) is 2. The number of unbranched alkanes of at least 4 members (excludes halogenated alkanes) is 33. The van der Waals surface area contributed by atoms with Crippen LogP contribution in [0.1, 0.15) is 245 Å². The van der Waals surface area contributed by atoms with Crippen molar-refractivity contribution in [2.75, 3.05) is 33.0 Å². The molecule has 54 heavy (non-hydrogen) atoms. The molecule has 1 unspecified atom stereocenters. The first-order valence-electron chi connectivity index (χ1n) is 23.5. The fourth-order valence-corrected chi connectivity index (χ4v) is 7.82. The van der Waals surface area contributed by atoms with E-state index >= 15 is 0 Å². The van der Waals surface area contributed by atoms with E-state index in [1.54, 1.807) is 0 Å². The minimum absolute atomic E-state index is 0.0899. The summed E-state index contributed by atoms with van der Waals surface area (Å²) in [4.78, 5) is 22.5. The summed E-state index contributed by atoms with van der Waals surface area (Å²) in [6.07, 6.45) is 45.5. The smallest absolute Gasteiger partial charge is 0.457 e. The first-order valence-corrected chi connectivity index (χ1v) is 25.0. The van der Waals surface area contributed by atoms with Crippen molar-refractivity contribution in [1.29, 1.82) is 0 Å². The molecule has 0 saturated heterocycles. The standard InChI is InChI=1S/C45H92NO7P/c1-3-5-7-9-11-13-15-17-19-21-23-25-27-29-31-33-35-37-40-50-42-44(43-52-54(48,49)51-41-39-46)53-45(47)38-36-34-32-30-28-26-24-22-20-18-16-14-12-10-8-6-4-2/h44H,3-43,46H2,1-2H3,(H,48,49)/t44-/m1/s1. The number of carbonyl (C=O) groups excluding carboxylic acids is 1. The van der Waals surface area contributed by atoms with Gasteiger partial charge in [0.2, 0.25) is 0 Å². The molecule has 9 heteroatoms.